The van der Waals surface area contributed by atoms with Crippen molar-refractivity contribution in [1.82, 2.24) is 4.57 Å². The molecule has 0 amide bonds. The fourth-order valence-electron chi connectivity index (χ4n) is 5.30. The number of hydrogen-bond donors (Lipinski definition) is 0. The van der Waals surface area contributed by atoms with Gasteiger partial charge in [-0.15, -0.1) is 0 Å². The number of hydrogen-bond acceptors (Lipinski definition) is 0. The maximum atomic E-state index is 2.59. The minimum atomic E-state index is 1.14. The Kier molecular flexibility index (Phi) is 17.5. The summed E-state index contributed by atoms with van der Waals surface area (Å²) in [6.45, 7) is 6.95. The van der Waals surface area contributed by atoms with Crippen molar-refractivity contribution in [3.05, 3.63) is 54.1 Å². The van der Waals surface area contributed by atoms with Crippen LogP contribution >= 0.6 is 0 Å². The normalized spacial score (nSPS) is 11.4. The number of aromatic nitrogens is 2. The zero-order valence-corrected chi connectivity index (χ0v) is 23.5. The monoisotopic (exact) mass is 481 g/mol. The first-order chi connectivity index (χ1) is 17.3. The molecule has 0 radical (unpaired) electrons. The first kappa shape index (κ1) is 29.7. The lowest BCUT2D eigenvalue weighted by Crippen LogP contribution is -2.37. The molecule has 1 aromatic carbocycles. The number of nitrogens with zero attached hydrogens (tertiary/aromatic N) is 2. The van der Waals surface area contributed by atoms with Crippen LogP contribution in [0.15, 0.2) is 42.7 Å². The van der Waals surface area contributed by atoms with Gasteiger partial charge in [0.25, 0.3) is 5.82 Å². The quantitative estimate of drug-likeness (QED) is 0.110. The fraction of sp³-hybridized carbons (Fsp3) is 0.727. The molecule has 0 bridgehead atoms. The Hall–Kier alpha value is -1.57. The largest absolute Gasteiger partial charge is 0.256 e. The van der Waals surface area contributed by atoms with Crippen molar-refractivity contribution in [3.63, 3.8) is 0 Å². The Morgan fingerprint density at radius 3 is 1.71 bits per heavy atom. The van der Waals surface area contributed by atoms with Crippen LogP contribution in [0, 0.1) is 0 Å². The fourth-order valence-corrected chi connectivity index (χ4v) is 5.30. The summed E-state index contributed by atoms with van der Waals surface area (Å²) in [5.41, 5.74) is 1.46. The average Bonchev–Trinajstić information content (AvgIpc) is 3.26. The molecule has 0 fully saturated rings. The van der Waals surface area contributed by atoms with E-state index >= 15 is 0 Å². The van der Waals surface area contributed by atoms with Crippen molar-refractivity contribution in [2.24, 2.45) is 0 Å². The number of unbranched alkanes of at least 4 members (excludes halogenated alkanes) is 15. The number of aryl methyl sites for hydroxylation is 3. The van der Waals surface area contributed by atoms with Gasteiger partial charge < -0.3 is 0 Å². The zero-order valence-electron chi connectivity index (χ0n) is 23.5. The topological polar surface area (TPSA) is 8.81 Å². The summed E-state index contributed by atoms with van der Waals surface area (Å²) >= 11 is 0. The lowest BCUT2D eigenvalue weighted by atomic mass is 10.1. The smallest absolute Gasteiger partial charge is 0.234 e. The SMILES string of the molecule is CCCCCCCCCCCCc1n(CCCCCCCCC)cc[n+]1CCCc1ccccc1. The molecular weight excluding hydrogens is 424 g/mol. The van der Waals surface area contributed by atoms with Gasteiger partial charge in [0.2, 0.25) is 0 Å². The molecule has 0 atom stereocenters. The van der Waals surface area contributed by atoms with Gasteiger partial charge in [-0.3, -0.25) is 0 Å². The van der Waals surface area contributed by atoms with Crippen molar-refractivity contribution in [2.45, 2.75) is 155 Å². The molecule has 2 aromatic rings. The predicted octanol–water partition coefficient (Wildman–Crippen LogP) is 9.62. The standard InChI is InChI=1S/C33H57N2/c1-3-5-7-9-11-12-13-14-16-21-27-33-34(28-22-17-15-10-8-6-4-2)30-31-35(33)29-23-26-32-24-19-18-20-25-32/h18-20,24-25,30-31H,3-17,21-23,26-29H2,1-2H3/q+1. The van der Waals surface area contributed by atoms with Crippen LogP contribution in [0.25, 0.3) is 0 Å². The third kappa shape index (κ3) is 13.9. The highest BCUT2D eigenvalue weighted by Crippen LogP contribution is 2.13. The van der Waals surface area contributed by atoms with E-state index in [2.05, 4.69) is 65.7 Å². The van der Waals surface area contributed by atoms with Crippen molar-refractivity contribution >= 4 is 0 Å². The van der Waals surface area contributed by atoms with Gasteiger partial charge in [-0.25, -0.2) is 9.13 Å². The summed E-state index contributed by atoms with van der Waals surface area (Å²) in [5.74, 6) is 1.57. The summed E-state index contributed by atoms with van der Waals surface area (Å²) < 4.78 is 5.15. The summed E-state index contributed by atoms with van der Waals surface area (Å²) in [6.07, 6.45) is 32.2. The molecule has 198 valence electrons. The molecule has 0 aliphatic carbocycles. The van der Waals surface area contributed by atoms with Gasteiger partial charge in [0, 0.05) is 6.42 Å². The molecule has 1 heterocycles. The minimum absolute atomic E-state index is 1.14. The lowest BCUT2D eigenvalue weighted by molar-refractivity contribution is -0.704. The predicted molar refractivity (Wildman–Crippen MR) is 153 cm³/mol. The Morgan fingerprint density at radius 1 is 0.571 bits per heavy atom. The zero-order chi connectivity index (χ0) is 24.8. The molecule has 2 heteroatoms. The van der Waals surface area contributed by atoms with E-state index in [1.165, 1.54) is 141 Å². The van der Waals surface area contributed by atoms with Gasteiger partial charge in [0.1, 0.15) is 12.4 Å². The molecular formula is C33H57N2+. The first-order valence-electron chi connectivity index (χ1n) is 15.5. The minimum Gasteiger partial charge on any atom is -0.234 e. The molecule has 0 saturated heterocycles. The molecule has 0 aliphatic rings. The van der Waals surface area contributed by atoms with Crippen LogP contribution in [0.4, 0.5) is 0 Å². The Balaban J connectivity index is 1.74. The van der Waals surface area contributed by atoms with Gasteiger partial charge >= 0.3 is 0 Å². The molecule has 2 rings (SSSR count). The first-order valence-corrected chi connectivity index (χ1v) is 15.5. The molecule has 2 nitrogen and oxygen atoms in total. The summed E-state index contributed by atoms with van der Waals surface area (Å²) in [6, 6.07) is 11.0. The number of rotatable bonds is 23. The van der Waals surface area contributed by atoms with E-state index in [0.29, 0.717) is 0 Å². The number of imidazole rings is 1. The van der Waals surface area contributed by atoms with E-state index in [1.54, 1.807) is 5.82 Å². The van der Waals surface area contributed by atoms with Crippen molar-refractivity contribution in [2.75, 3.05) is 0 Å². The van der Waals surface area contributed by atoms with Gasteiger partial charge in [-0.1, -0.05) is 134 Å². The van der Waals surface area contributed by atoms with Crippen LogP contribution in [0.2, 0.25) is 0 Å². The van der Waals surface area contributed by atoms with Crippen molar-refractivity contribution < 1.29 is 4.57 Å². The summed E-state index contributed by atoms with van der Waals surface area (Å²) in [4.78, 5) is 0. The van der Waals surface area contributed by atoms with Gasteiger partial charge in [0.15, 0.2) is 0 Å². The van der Waals surface area contributed by atoms with E-state index in [-0.39, 0.29) is 0 Å². The second kappa shape index (κ2) is 20.6. The molecule has 0 aliphatic heterocycles. The second-order valence-corrected chi connectivity index (χ2v) is 10.7. The summed E-state index contributed by atoms with van der Waals surface area (Å²) in [5, 5.41) is 0. The lowest BCUT2D eigenvalue weighted by Gasteiger charge is -2.07. The maximum absolute atomic E-state index is 2.59. The Bertz CT molecular complexity index is 718. The molecule has 0 spiro atoms. The van der Waals surface area contributed by atoms with Gasteiger partial charge in [-0.05, 0) is 37.7 Å². The Morgan fingerprint density at radius 2 is 1.11 bits per heavy atom. The van der Waals surface area contributed by atoms with Crippen LogP contribution in [0.5, 0.6) is 0 Å². The van der Waals surface area contributed by atoms with Crippen LogP contribution in [0.1, 0.15) is 141 Å². The average molecular weight is 482 g/mol. The molecule has 0 unspecified atom stereocenters. The highest BCUT2D eigenvalue weighted by atomic mass is 15.1. The van der Waals surface area contributed by atoms with Crippen molar-refractivity contribution in [3.8, 4) is 0 Å². The van der Waals surface area contributed by atoms with E-state index in [9.17, 15) is 0 Å². The molecule has 0 N–H and O–H groups in total. The van der Waals surface area contributed by atoms with Crippen LogP contribution in [-0.4, -0.2) is 4.57 Å². The van der Waals surface area contributed by atoms with Crippen LogP contribution in [0.3, 0.4) is 0 Å². The highest BCUT2D eigenvalue weighted by Gasteiger charge is 2.16. The molecule has 0 saturated carbocycles. The molecule has 35 heavy (non-hydrogen) atoms. The number of benzene rings is 1. The van der Waals surface area contributed by atoms with Crippen LogP contribution in [-0.2, 0) is 25.9 Å². The van der Waals surface area contributed by atoms with Gasteiger partial charge in [0.05, 0.1) is 13.1 Å². The Labute approximate surface area is 218 Å². The second-order valence-electron chi connectivity index (χ2n) is 10.7. The van der Waals surface area contributed by atoms with Crippen LogP contribution < -0.4 is 4.57 Å². The molecule has 1 aromatic heterocycles. The van der Waals surface area contributed by atoms with E-state index in [4.69, 9.17) is 0 Å². The van der Waals surface area contributed by atoms with Gasteiger partial charge in [-0.2, -0.15) is 0 Å². The van der Waals surface area contributed by atoms with E-state index in [0.717, 1.165) is 6.54 Å². The van der Waals surface area contributed by atoms with E-state index < -0.39 is 0 Å². The maximum Gasteiger partial charge on any atom is 0.256 e. The third-order valence-electron chi connectivity index (χ3n) is 7.55. The van der Waals surface area contributed by atoms with Crippen molar-refractivity contribution in [1.29, 1.82) is 0 Å². The third-order valence-corrected chi connectivity index (χ3v) is 7.55. The van der Waals surface area contributed by atoms with E-state index in [1.807, 2.05) is 0 Å². The summed E-state index contributed by atoms with van der Waals surface area (Å²) in [7, 11) is 0. The highest BCUT2D eigenvalue weighted by molar-refractivity contribution is 5.14.